The summed E-state index contributed by atoms with van der Waals surface area (Å²) in [6, 6.07) is 0. The second-order valence-electron chi connectivity index (χ2n) is 6.41. The van der Waals surface area contributed by atoms with Crippen molar-refractivity contribution >= 4 is 5.91 Å². The summed E-state index contributed by atoms with van der Waals surface area (Å²) >= 11 is 0. The topological polar surface area (TPSA) is 54.9 Å². The van der Waals surface area contributed by atoms with E-state index in [1.165, 1.54) is 17.7 Å². The van der Waals surface area contributed by atoms with Crippen LogP contribution in [0.5, 0.6) is 0 Å². The summed E-state index contributed by atoms with van der Waals surface area (Å²) in [6.07, 6.45) is 7.39. The molecule has 0 spiro atoms. The fourth-order valence-electron chi connectivity index (χ4n) is 3.08. The first-order valence-corrected chi connectivity index (χ1v) is 7.18. The number of fused-ring (bicyclic) bond motifs is 1. The first-order chi connectivity index (χ1) is 9.06. The van der Waals surface area contributed by atoms with Crippen LogP contribution >= 0.6 is 0 Å². The van der Waals surface area contributed by atoms with E-state index < -0.39 is 0 Å². The van der Waals surface area contributed by atoms with Gasteiger partial charge in [-0.3, -0.25) is 4.79 Å². The lowest BCUT2D eigenvalue weighted by Crippen LogP contribution is -2.45. The maximum absolute atomic E-state index is 12.1. The van der Waals surface area contributed by atoms with Crippen molar-refractivity contribution in [1.82, 2.24) is 15.3 Å². The fraction of sp³-hybridized carbons (Fsp3) is 0.667. The first kappa shape index (κ1) is 12.6. The van der Waals surface area contributed by atoms with E-state index in [0.717, 1.165) is 31.5 Å². The molecule has 0 saturated heterocycles. The summed E-state index contributed by atoms with van der Waals surface area (Å²) in [5.74, 6) is 1.05. The highest BCUT2D eigenvalue weighted by atomic mass is 16.1. The third-order valence-corrected chi connectivity index (χ3v) is 4.62. The van der Waals surface area contributed by atoms with Crippen LogP contribution in [-0.2, 0) is 24.2 Å². The van der Waals surface area contributed by atoms with Gasteiger partial charge in [0, 0.05) is 17.8 Å². The van der Waals surface area contributed by atoms with Gasteiger partial charge in [0.25, 0.3) is 0 Å². The summed E-state index contributed by atoms with van der Waals surface area (Å²) in [5, 5.41) is 2.98. The molecule has 2 aliphatic carbocycles. The second kappa shape index (κ2) is 4.58. The standard InChI is InChI=1S/C15H21N3O/c1-15(2)7-6-11(15)14(19)17-9-13-16-8-10-4-3-5-12(10)18-13/h8,11H,3-7,9H2,1-2H3,(H,17,19). The summed E-state index contributed by atoms with van der Waals surface area (Å²) in [6.45, 7) is 4.78. The molecule has 19 heavy (non-hydrogen) atoms. The zero-order chi connectivity index (χ0) is 13.5. The Bertz CT molecular complexity index is 510. The average molecular weight is 259 g/mol. The Hall–Kier alpha value is -1.45. The van der Waals surface area contributed by atoms with Crippen molar-refractivity contribution in [2.24, 2.45) is 11.3 Å². The average Bonchev–Trinajstić information content (AvgIpc) is 2.82. The van der Waals surface area contributed by atoms with Gasteiger partial charge in [-0.05, 0) is 43.1 Å². The van der Waals surface area contributed by atoms with Crippen LogP contribution in [0.3, 0.4) is 0 Å². The van der Waals surface area contributed by atoms with E-state index in [1.54, 1.807) is 0 Å². The number of aromatic nitrogens is 2. The minimum Gasteiger partial charge on any atom is -0.349 e. The number of aryl methyl sites for hydroxylation is 2. The van der Waals surface area contributed by atoms with Gasteiger partial charge in [-0.15, -0.1) is 0 Å². The number of rotatable bonds is 3. The van der Waals surface area contributed by atoms with Gasteiger partial charge in [-0.2, -0.15) is 0 Å². The van der Waals surface area contributed by atoms with E-state index in [4.69, 9.17) is 0 Å². The third-order valence-electron chi connectivity index (χ3n) is 4.62. The van der Waals surface area contributed by atoms with Gasteiger partial charge in [0.1, 0.15) is 5.82 Å². The molecule has 1 fully saturated rings. The van der Waals surface area contributed by atoms with Crippen molar-refractivity contribution in [3.63, 3.8) is 0 Å². The van der Waals surface area contributed by atoms with Crippen LogP contribution in [0.2, 0.25) is 0 Å². The van der Waals surface area contributed by atoms with Crippen molar-refractivity contribution < 1.29 is 4.79 Å². The Morgan fingerprint density at radius 1 is 1.47 bits per heavy atom. The monoisotopic (exact) mass is 259 g/mol. The smallest absolute Gasteiger partial charge is 0.224 e. The molecule has 3 rings (SSSR count). The van der Waals surface area contributed by atoms with E-state index in [9.17, 15) is 4.79 Å². The molecule has 2 aliphatic rings. The molecule has 102 valence electrons. The van der Waals surface area contributed by atoms with Gasteiger partial charge in [0.2, 0.25) is 5.91 Å². The second-order valence-corrected chi connectivity index (χ2v) is 6.41. The lowest BCUT2D eigenvalue weighted by atomic mass is 9.62. The molecule has 1 unspecified atom stereocenters. The lowest BCUT2D eigenvalue weighted by molar-refractivity contribution is -0.134. The van der Waals surface area contributed by atoms with Crippen LogP contribution in [0, 0.1) is 11.3 Å². The molecule has 1 saturated carbocycles. The molecule has 4 heteroatoms. The van der Waals surface area contributed by atoms with Crippen molar-refractivity contribution in [2.45, 2.75) is 52.5 Å². The van der Waals surface area contributed by atoms with Gasteiger partial charge >= 0.3 is 0 Å². The maximum atomic E-state index is 12.1. The Morgan fingerprint density at radius 2 is 2.32 bits per heavy atom. The molecule has 1 aromatic rings. The zero-order valence-corrected chi connectivity index (χ0v) is 11.7. The van der Waals surface area contributed by atoms with Crippen molar-refractivity contribution in [3.8, 4) is 0 Å². The quantitative estimate of drug-likeness (QED) is 0.903. The highest BCUT2D eigenvalue weighted by Gasteiger charge is 2.42. The van der Waals surface area contributed by atoms with Gasteiger partial charge in [-0.1, -0.05) is 13.8 Å². The van der Waals surface area contributed by atoms with Crippen molar-refractivity contribution in [2.75, 3.05) is 0 Å². The van der Waals surface area contributed by atoms with Gasteiger partial charge in [0.05, 0.1) is 6.54 Å². The van der Waals surface area contributed by atoms with Gasteiger partial charge in [0.15, 0.2) is 0 Å². The highest BCUT2D eigenvalue weighted by Crippen LogP contribution is 2.45. The minimum atomic E-state index is 0.153. The fourth-order valence-corrected chi connectivity index (χ4v) is 3.08. The normalized spacial score (nSPS) is 23.6. The largest absolute Gasteiger partial charge is 0.349 e. The predicted molar refractivity (Wildman–Crippen MR) is 72.4 cm³/mol. The maximum Gasteiger partial charge on any atom is 0.224 e. The van der Waals surface area contributed by atoms with Crippen LogP contribution in [0.15, 0.2) is 6.20 Å². The Kier molecular flexibility index (Phi) is 3.03. The predicted octanol–water partition coefficient (Wildman–Crippen LogP) is 2.02. The molecule has 0 aliphatic heterocycles. The number of carbonyl (C=O) groups is 1. The molecular formula is C15H21N3O. The molecule has 0 bridgehead atoms. The van der Waals surface area contributed by atoms with Crippen LogP contribution in [0.25, 0.3) is 0 Å². The molecule has 1 N–H and O–H groups in total. The molecule has 4 nitrogen and oxygen atoms in total. The van der Waals surface area contributed by atoms with Crippen LogP contribution < -0.4 is 5.32 Å². The van der Waals surface area contributed by atoms with E-state index >= 15 is 0 Å². The molecule has 1 atom stereocenters. The van der Waals surface area contributed by atoms with Crippen molar-refractivity contribution in [3.05, 3.63) is 23.3 Å². The Balaban J connectivity index is 1.59. The molecule has 0 aromatic carbocycles. The van der Waals surface area contributed by atoms with E-state index in [1.807, 2.05) is 6.20 Å². The van der Waals surface area contributed by atoms with Crippen molar-refractivity contribution in [1.29, 1.82) is 0 Å². The van der Waals surface area contributed by atoms with Crippen LogP contribution in [0.1, 0.15) is 50.2 Å². The Labute approximate surface area is 114 Å². The lowest BCUT2D eigenvalue weighted by Gasteiger charge is -2.43. The molecule has 1 amide bonds. The van der Waals surface area contributed by atoms with Gasteiger partial charge in [-0.25, -0.2) is 9.97 Å². The van der Waals surface area contributed by atoms with E-state index in [-0.39, 0.29) is 17.2 Å². The Morgan fingerprint density at radius 3 is 3.00 bits per heavy atom. The molecule has 0 radical (unpaired) electrons. The van der Waals surface area contributed by atoms with Crippen LogP contribution in [-0.4, -0.2) is 15.9 Å². The third kappa shape index (κ3) is 2.36. The SMILES string of the molecule is CC1(C)CCC1C(=O)NCc1ncc2c(n1)CCC2. The van der Waals surface area contributed by atoms with Crippen LogP contribution in [0.4, 0.5) is 0 Å². The number of nitrogens with one attached hydrogen (secondary N) is 1. The van der Waals surface area contributed by atoms with E-state index in [2.05, 4.69) is 29.1 Å². The minimum absolute atomic E-state index is 0.153. The number of hydrogen-bond acceptors (Lipinski definition) is 3. The number of nitrogens with zero attached hydrogens (tertiary/aromatic N) is 2. The molecule has 1 aromatic heterocycles. The van der Waals surface area contributed by atoms with E-state index in [0.29, 0.717) is 6.54 Å². The summed E-state index contributed by atoms with van der Waals surface area (Å²) < 4.78 is 0. The summed E-state index contributed by atoms with van der Waals surface area (Å²) in [5.41, 5.74) is 2.60. The summed E-state index contributed by atoms with van der Waals surface area (Å²) in [4.78, 5) is 21.0. The zero-order valence-electron chi connectivity index (χ0n) is 11.7. The number of hydrogen-bond donors (Lipinski definition) is 1. The molecular weight excluding hydrogens is 238 g/mol. The first-order valence-electron chi connectivity index (χ1n) is 7.18. The van der Waals surface area contributed by atoms with Gasteiger partial charge < -0.3 is 5.32 Å². The number of carbonyl (C=O) groups excluding carboxylic acids is 1. The summed E-state index contributed by atoms with van der Waals surface area (Å²) in [7, 11) is 0. The highest BCUT2D eigenvalue weighted by molar-refractivity contribution is 5.80. The number of amides is 1. The molecule has 1 heterocycles.